The van der Waals surface area contributed by atoms with E-state index < -0.39 is 11.6 Å². The molecule has 0 atom stereocenters. The number of hydrogen-bond donors (Lipinski definition) is 1. The van der Waals surface area contributed by atoms with Crippen molar-refractivity contribution in [2.75, 3.05) is 5.73 Å². The highest BCUT2D eigenvalue weighted by Crippen LogP contribution is 2.24. The molecule has 1 aromatic rings. The van der Waals surface area contributed by atoms with Crippen LogP contribution in [0.1, 0.15) is 36.7 Å². The highest BCUT2D eigenvalue weighted by atomic mass is 35.5. The summed E-state index contributed by atoms with van der Waals surface area (Å²) in [5.41, 5.74) is 6.87. The van der Waals surface area contributed by atoms with E-state index in [0.29, 0.717) is 16.3 Å². The van der Waals surface area contributed by atoms with Crippen LogP contribution in [0, 0.1) is 6.92 Å². The summed E-state index contributed by atoms with van der Waals surface area (Å²) in [6.45, 7) is 7.24. The average Bonchev–Trinajstić information content (AvgIpc) is 2.08. The molecule has 16 heavy (non-hydrogen) atoms. The van der Waals surface area contributed by atoms with Gasteiger partial charge in [0.25, 0.3) is 0 Å². The number of halogens is 1. The Morgan fingerprint density at radius 3 is 2.44 bits per heavy atom. The van der Waals surface area contributed by atoms with E-state index in [9.17, 15) is 4.79 Å². The summed E-state index contributed by atoms with van der Waals surface area (Å²) >= 11 is 5.97. The molecular formula is C12H16ClNO2. The lowest BCUT2D eigenvalue weighted by atomic mass is 10.1. The quantitative estimate of drug-likeness (QED) is 0.607. The first-order valence-electron chi connectivity index (χ1n) is 4.99. The van der Waals surface area contributed by atoms with Crippen molar-refractivity contribution in [3.63, 3.8) is 0 Å². The molecule has 1 rings (SSSR count). The molecule has 0 aromatic heterocycles. The van der Waals surface area contributed by atoms with Crippen molar-refractivity contribution in [3.8, 4) is 0 Å². The average molecular weight is 242 g/mol. The van der Waals surface area contributed by atoms with Crippen molar-refractivity contribution < 1.29 is 9.53 Å². The molecule has 2 N–H and O–H groups in total. The standard InChI is InChI=1S/C12H16ClNO2/c1-7-5-9(13)8(6-10(7)14)11(15)16-12(2,3)4/h5-6H,14H2,1-4H3. The Bertz CT molecular complexity index is 422. The molecule has 0 saturated carbocycles. The van der Waals surface area contributed by atoms with Crippen molar-refractivity contribution in [2.24, 2.45) is 0 Å². The molecular weight excluding hydrogens is 226 g/mol. The van der Waals surface area contributed by atoms with Gasteiger partial charge < -0.3 is 10.5 Å². The summed E-state index contributed by atoms with van der Waals surface area (Å²) in [5.74, 6) is -0.454. The Hall–Kier alpha value is -1.22. The normalized spacial score (nSPS) is 11.3. The van der Waals surface area contributed by atoms with Gasteiger partial charge in [0.2, 0.25) is 0 Å². The van der Waals surface area contributed by atoms with Gasteiger partial charge in [0, 0.05) is 5.69 Å². The van der Waals surface area contributed by atoms with Gasteiger partial charge in [0.15, 0.2) is 0 Å². The van der Waals surface area contributed by atoms with Gasteiger partial charge in [-0.1, -0.05) is 11.6 Å². The molecule has 0 radical (unpaired) electrons. The van der Waals surface area contributed by atoms with E-state index in [0.717, 1.165) is 5.56 Å². The zero-order chi connectivity index (χ0) is 12.5. The summed E-state index contributed by atoms with van der Waals surface area (Å²) in [4.78, 5) is 11.8. The van der Waals surface area contributed by atoms with Gasteiger partial charge in [0.05, 0.1) is 10.6 Å². The SMILES string of the molecule is Cc1cc(Cl)c(C(=O)OC(C)(C)C)cc1N. The van der Waals surface area contributed by atoms with E-state index in [1.165, 1.54) is 0 Å². The van der Waals surface area contributed by atoms with Gasteiger partial charge in [-0.2, -0.15) is 0 Å². The highest BCUT2D eigenvalue weighted by molar-refractivity contribution is 6.33. The van der Waals surface area contributed by atoms with Crippen LogP contribution in [0.4, 0.5) is 5.69 Å². The third-order valence-electron chi connectivity index (χ3n) is 1.97. The highest BCUT2D eigenvalue weighted by Gasteiger charge is 2.20. The summed E-state index contributed by atoms with van der Waals surface area (Å²) in [6.07, 6.45) is 0. The van der Waals surface area contributed by atoms with Crippen LogP contribution in [-0.2, 0) is 4.74 Å². The van der Waals surface area contributed by atoms with Crippen LogP contribution in [0.5, 0.6) is 0 Å². The number of carbonyl (C=O) groups excluding carboxylic acids is 1. The second kappa shape index (κ2) is 4.34. The van der Waals surface area contributed by atoms with Crippen LogP contribution in [0.25, 0.3) is 0 Å². The fraction of sp³-hybridized carbons (Fsp3) is 0.417. The predicted octanol–water partition coefficient (Wildman–Crippen LogP) is 3.19. The number of hydrogen-bond acceptors (Lipinski definition) is 3. The number of benzene rings is 1. The third kappa shape index (κ3) is 3.14. The van der Waals surface area contributed by atoms with Gasteiger partial charge in [-0.05, 0) is 45.4 Å². The van der Waals surface area contributed by atoms with Crippen molar-refractivity contribution in [3.05, 3.63) is 28.3 Å². The lowest BCUT2D eigenvalue weighted by molar-refractivity contribution is 0.00698. The summed E-state index contributed by atoms with van der Waals surface area (Å²) in [5, 5.41) is 0.362. The minimum Gasteiger partial charge on any atom is -0.456 e. The molecule has 88 valence electrons. The van der Waals surface area contributed by atoms with Crippen LogP contribution < -0.4 is 5.73 Å². The molecule has 0 aliphatic heterocycles. The maximum Gasteiger partial charge on any atom is 0.340 e. The molecule has 4 heteroatoms. The van der Waals surface area contributed by atoms with Crippen molar-refractivity contribution in [2.45, 2.75) is 33.3 Å². The van der Waals surface area contributed by atoms with Crippen molar-refractivity contribution in [1.82, 2.24) is 0 Å². The van der Waals surface area contributed by atoms with E-state index in [-0.39, 0.29) is 0 Å². The fourth-order valence-electron chi connectivity index (χ4n) is 1.18. The third-order valence-corrected chi connectivity index (χ3v) is 2.29. The Labute approximate surface area is 101 Å². The summed E-state index contributed by atoms with van der Waals surface area (Å²) in [7, 11) is 0. The molecule has 0 unspecified atom stereocenters. The van der Waals surface area contributed by atoms with Crippen LogP contribution in [0.3, 0.4) is 0 Å². The first kappa shape index (κ1) is 12.8. The van der Waals surface area contributed by atoms with Gasteiger partial charge in [-0.3, -0.25) is 0 Å². The fourth-order valence-corrected chi connectivity index (χ4v) is 1.47. The predicted molar refractivity (Wildman–Crippen MR) is 65.8 cm³/mol. The Morgan fingerprint density at radius 1 is 1.38 bits per heavy atom. The van der Waals surface area contributed by atoms with Crippen LogP contribution >= 0.6 is 11.6 Å². The van der Waals surface area contributed by atoms with Crippen LogP contribution in [0.15, 0.2) is 12.1 Å². The van der Waals surface area contributed by atoms with Crippen LogP contribution in [0.2, 0.25) is 5.02 Å². The molecule has 0 fully saturated rings. The lowest BCUT2D eigenvalue weighted by Crippen LogP contribution is -2.24. The number of ether oxygens (including phenoxy) is 1. The molecule has 0 bridgehead atoms. The van der Waals surface area contributed by atoms with E-state index in [4.69, 9.17) is 22.1 Å². The number of nitrogens with two attached hydrogens (primary N) is 1. The Kier molecular flexibility index (Phi) is 3.48. The Morgan fingerprint density at radius 2 is 1.94 bits per heavy atom. The molecule has 0 saturated heterocycles. The van der Waals surface area contributed by atoms with E-state index in [2.05, 4.69) is 0 Å². The van der Waals surface area contributed by atoms with E-state index in [1.54, 1.807) is 32.9 Å². The molecule has 3 nitrogen and oxygen atoms in total. The summed E-state index contributed by atoms with van der Waals surface area (Å²) < 4.78 is 5.22. The molecule has 0 aliphatic carbocycles. The number of nitrogen functional groups attached to an aromatic ring is 1. The second-order valence-corrected chi connectivity index (χ2v) is 5.10. The smallest absolute Gasteiger partial charge is 0.340 e. The van der Waals surface area contributed by atoms with Gasteiger partial charge in [-0.25, -0.2) is 4.79 Å². The zero-order valence-corrected chi connectivity index (χ0v) is 10.7. The number of anilines is 1. The maximum absolute atomic E-state index is 11.8. The lowest BCUT2D eigenvalue weighted by Gasteiger charge is -2.20. The number of carbonyl (C=O) groups is 1. The second-order valence-electron chi connectivity index (χ2n) is 4.69. The maximum atomic E-state index is 11.8. The molecule has 0 aliphatic rings. The van der Waals surface area contributed by atoms with Crippen molar-refractivity contribution in [1.29, 1.82) is 0 Å². The van der Waals surface area contributed by atoms with E-state index >= 15 is 0 Å². The zero-order valence-electron chi connectivity index (χ0n) is 9.93. The van der Waals surface area contributed by atoms with E-state index in [1.807, 2.05) is 6.92 Å². The van der Waals surface area contributed by atoms with Crippen molar-refractivity contribution >= 4 is 23.3 Å². The van der Waals surface area contributed by atoms with Gasteiger partial charge in [0.1, 0.15) is 5.60 Å². The Balaban J connectivity index is 3.05. The van der Waals surface area contributed by atoms with Gasteiger partial charge >= 0.3 is 5.97 Å². The topological polar surface area (TPSA) is 52.3 Å². The number of esters is 1. The first-order valence-corrected chi connectivity index (χ1v) is 5.37. The van der Waals surface area contributed by atoms with Crippen LogP contribution in [-0.4, -0.2) is 11.6 Å². The molecule has 0 spiro atoms. The largest absolute Gasteiger partial charge is 0.456 e. The first-order chi connectivity index (χ1) is 7.20. The summed E-state index contributed by atoms with van der Waals surface area (Å²) in [6, 6.07) is 3.21. The monoisotopic (exact) mass is 241 g/mol. The molecule has 0 amide bonds. The van der Waals surface area contributed by atoms with Gasteiger partial charge in [-0.15, -0.1) is 0 Å². The molecule has 1 aromatic carbocycles. The number of rotatable bonds is 1. The minimum atomic E-state index is -0.542. The number of aryl methyl sites for hydroxylation is 1. The minimum absolute atomic E-state index is 0.305. The molecule has 0 heterocycles.